The third-order valence-corrected chi connectivity index (χ3v) is 4.04. The molecule has 134 valence electrons. The van der Waals surface area contributed by atoms with Crippen LogP contribution in [0.15, 0.2) is 18.2 Å². The van der Waals surface area contributed by atoms with Crippen LogP contribution in [-0.4, -0.2) is 36.6 Å². The second-order valence-electron chi connectivity index (χ2n) is 5.57. The Hall–Kier alpha value is -1.57. The van der Waals surface area contributed by atoms with E-state index in [0.29, 0.717) is 12.5 Å². The van der Waals surface area contributed by atoms with Crippen LogP contribution in [0, 0.1) is 16.0 Å². The van der Waals surface area contributed by atoms with Crippen LogP contribution in [0.4, 0.5) is 5.69 Å². The van der Waals surface area contributed by atoms with E-state index in [0.717, 1.165) is 25.9 Å². The maximum absolute atomic E-state index is 12.0. The fraction of sp³-hybridized carbons (Fsp3) is 0.533. The zero-order valence-corrected chi connectivity index (χ0v) is 14.9. The molecule has 0 radical (unpaired) electrons. The van der Waals surface area contributed by atoms with Crippen molar-refractivity contribution in [3.8, 4) is 5.75 Å². The third kappa shape index (κ3) is 5.81. The summed E-state index contributed by atoms with van der Waals surface area (Å²) in [5.41, 5.74) is -0.255. The van der Waals surface area contributed by atoms with Crippen molar-refractivity contribution < 1.29 is 14.5 Å². The molecule has 1 heterocycles. The summed E-state index contributed by atoms with van der Waals surface area (Å²) >= 11 is 5.75. The van der Waals surface area contributed by atoms with Gasteiger partial charge in [-0.05, 0) is 50.9 Å². The van der Waals surface area contributed by atoms with Crippen molar-refractivity contribution in [1.29, 1.82) is 0 Å². The molecule has 2 atom stereocenters. The predicted molar refractivity (Wildman–Crippen MR) is 94.0 cm³/mol. The van der Waals surface area contributed by atoms with Crippen LogP contribution in [0.2, 0.25) is 5.02 Å². The minimum absolute atomic E-state index is 0. The molecule has 1 fully saturated rings. The second kappa shape index (κ2) is 9.66. The molecule has 1 aliphatic heterocycles. The number of rotatable bonds is 7. The van der Waals surface area contributed by atoms with Gasteiger partial charge in [-0.1, -0.05) is 11.6 Å². The molecule has 2 rings (SSSR count). The van der Waals surface area contributed by atoms with Crippen LogP contribution >= 0.6 is 24.0 Å². The van der Waals surface area contributed by atoms with Crippen molar-refractivity contribution in [3.05, 3.63) is 33.3 Å². The normalized spacial score (nSPS) is 17.7. The summed E-state index contributed by atoms with van der Waals surface area (Å²) < 4.78 is 5.42. The van der Waals surface area contributed by atoms with Crippen molar-refractivity contribution in [1.82, 2.24) is 10.6 Å². The number of halogens is 2. The lowest BCUT2D eigenvalue weighted by atomic mass is 10.1. The van der Waals surface area contributed by atoms with Gasteiger partial charge in [-0.25, -0.2) is 0 Å². The molecule has 1 aliphatic rings. The smallest absolute Gasteiger partial charge is 0.312 e. The number of hydrogen-bond acceptors (Lipinski definition) is 5. The average Bonchev–Trinajstić information content (AvgIpc) is 3.02. The Kier molecular flexibility index (Phi) is 8.24. The molecule has 9 heteroatoms. The molecular weight excluding hydrogens is 357 g/mol. The van der Waals surface area contributed by atoms with Crippen LogP contribution < -0.4 is 15.4 Å². The van der Waals surface area contributed by atoms with Crippen molar-refractivity contribution in [2.24, 2.45) is 5.92 Å². The van der Waals surface area contributed by atoms with E-state index in [1.807, 2.05) is 0 Å². The Morgan fingerprint density at radius 1 is 1.58 bits per heavy atom. The highest BCUT2D eigenvalue weighted by molar-refractivity contribution is 6.30. The number of ether oxygens (including phenoxy) is 1. The molecule has 7 nitrogen and oxygen atoms in total. The first kappa shape index (κ1) is 20.5. The van der Waals surface area contributed by atoms with Crippen LogP contribution in [0.1, 0.15) is 19.8 Å². The first-order valence-corrected chi connectivity index (χ1v) is 7.94. The van der Waals surface area contributed by atoms with Crippen LogP contribution in [-0.2, 0) is 4.79 Å². The van der Waals surface area contributed by atoms with Gasteiger partial charge in [0.25, 0.3) is 5.91 Å². The van der Waals surface area contributed by atoms with Gasteiger partial charge in [-0.15, -0.1) is 12.4 Å². The lowest BCUT2D eigenvalue weighted by molar-refractivity contribution is -0.386. The highest BCUT2D eigenvalue weighted by Crippen LogP contribution is 2.30. The summed E-state index contributed by atoms with van der Waals surface area (Å²) in [6.07, 6.45) is 1.21. The molecule has 1 saturated heterocycles. The lowest BCUT2D eigenvalue weighted by Gasteiger charge is -2.15. The molecule has 0 bridgehead atoms. The fourth-order valence-electron chi connectivity index (χ4n) is 2.48. The van der Waals surface area contributed by atoms with E-state index in [4.69, 9.17) is 16.3 Å². The maximum atomic E-state index is 12.0. The molecule has 1 aromatic carbocycles. The Morgan fingerprint density at radius 2 is 2.33 bits per heavy atom. The molecule has 0 saturated carbocycles. The van der Waals surface area contributed by atoms with E-state index in [1.165, 1.54) is 18.2 Å². The van der Waals surface area contributed by atoms with Gasteiger partial charge in [0.2, 0.25) is 0 Å². The molecule has 2 unspecified atom stereocenters. The Morgan fingerprint density at radius 3 is 2.96 bits per heavy atom. The molecule has 0 aliphatic carbocycles. The minimum atomic E-state index is -0.823. The average molecular weight is 378 g/mol. The number of carbonyl (C=O) groups excluding carboxylic acids is 1. The Balaban J connectivity index is 0.00000288. The van der Waals surface area contributed by atoms with E-state index in [2.05, 4.69) is 10.6 Å². The number of nitro groups is 1. The van der Waals surface area contributed by atoms with Crippen molar-refractivity contribution >= 4 is 35.6 Å². The van der Waals surface area contributed by atoms with Gasteiger partial charge >= 0.3 is 5.69 Å². The SMILES string of the molecule is CC(Oc1ccc(Cl)cc1[N+](=O)[O-])C(=O)NCCC1CCNC1.Cl. The van der Waals surface area contributed by atoms with E-state index >= 15 is 0 Å². The summed E-state index contributed by atoms with van der Waals surface area (Å²) in [4.78, 5) is 22.4. The van der Waals surface area contributed by atoms with Gasteiger partial charge in [0.1, 0.15) is 0 Å². The molecule has 24 heavy (non-hydrogen) atoms. The number of hydrogen-bond donors (Lipinski definition) is 2. The van der Waals surface area contributed by atoms with E-state index < -0.39 is 11.0 Å². The van der Waals surface area contributed by atoms with Crippen LogP contribution in [0.3, 0.4) is 0 Å². The number of benzene rings is 1. The molecule has 0 aromatic heterocycles. The Labute approximate surface area is 151 Å². The van der Waals surface area contributed by atoms with Gasteiger partial charge in [0, 0.05) is 17.6 Å². The molecule has 2 N–H and O–H groups in total. The maximum Gasteiger partial charge on any atom is 0.312 e. The lowest BCUT2D eigenvalue weighted by Crippen LogP contribution is -2.37. The summed E-state index contributed by atoms with van der Waals surface area (Å²) in [6, 6.07) is 4.09. The fourth-order valence-corrected chi connectivity index (χ4v) is 2.65. The quantitative estimate of drug-likeness (QED) is 0.562. The van der Waals surface area contributed by atoms with Crippen molar-refractivity contribution in [2.75, 3.05) is 19.6 Å². The zero-order valence-electron chi connectivity index (χ0n) is 13.3. The highest BCUT2D eigenvalue weighted by Gasteiger charge is 2.22. The van der Waals surface area contributed by atoms with Gasteiger partial charge in [0.15, 0.2) is 11.9 Å². The topological polar surface area (TPSA) is 93.5 Å². The molecular formula is C15H21Cl2N3O4. The number of nitro benzene ring substituents is 1. The van der Waals surface area contributed by atoms with Crippen LogP contribution in [0.25, 0.3) is 0 Å². The summed E-state index contributed by atoms with van der Waals surface area (Å²) in [5.74, 6) is 0.325. The Bertz CT molecular complexity index is 580. The number of nitrogens with zero attached hydrogens (tertiary/aromatic N) is 1. The van der Waals surface area contributed by atoms with Gasteiger partial charge < -0.3 is 15.4 Å². The third-order valence-electron chi connectivity index (χ3n) is 3.80. The summed E-state index contributed by atoms with van der Waals surface area (Å²) in [5, 5.41) is 17.3. The summed E-state index contributed by atoms with van der Waals surface area (Å²) in [6.45, 7) is 4.14. The van der Waals surface area contributed by atoms with Gasteiger partial charge in [-0.2, -0.15) is 0 Å². The van der Waals surface area contributed by atoms with E-state index in [9.17, 15) is 14.9 Å². The number of nitrogens with one attached hydrogen (secondary N) is 2. The summed E-state index contributed by atoms with van der Waals surface area (Å²) in [7, 11) is 0. The largest absolute Gasteiger partial charge is 0.474 e. The van der Waals surface area contributed by atoms with E-state index in [-0.39, 0.29) is 34.8 Å². The first-order chi connectivity index (χ1) is 11.0. The predicted octanol–water partition coefficient (Wildman–Crippen LogP) is 2.55. The van der Waals surface area contributed by atoms with Crippen molar-refractivity contribution in [2.45, 2.75) is 25.9 Å². The van der Waals surface area contributed by atoms with Crippen LogP contribution in [0.5, 0.6) is 5.75 Å². The first-order valence-electron chi connectivity index (χ1n) is 7.56. The number of carbonyl (C=O) groups is 1. The number of amides is 1. The molecule has 0 spiro atoms. The highest BCUT2D eigenvalue weighted by atomic mass is 35.5. The van der Waals surface area contributed by atoms with Crippen molar-refractivity contribution in [3.63, 3.8) is 0 Å². The second-order valence-corrected chi connectivity index (χ2v) is 6.00. The standard InChI is InChI=1S/C15H20ClN3O4.ClH/c1-10(15(20)18-7-5-11-4-6-17-9-11)23-14-3-2-12(16)8-13(14)19(21)22;/h2-3,8,10-11,17H,4-7,9H2,1H3,(H,18,20);1H. The monoisotopic (exact) mass is 377 g/mol. The minimum Gasteiger partial charge on any atom is -0.474 e. The van der Waals surface area contributed by atoms with E-state index in [1.54, 1.807) is 6.92 Å². The molecule has 1 amide bonds. The van der Waals surface area contributed by atoms with Gasteiger partial charge in [-0.3, -0.25) is 14.9 Å². The zero-order chi connectivity index (χ0) is 16.8. The molecule has 1 aromatic rings. The van der Waals surface area contributed by atoms with Gasteiger partial charge in [0.05, 0.1) is 4.92 Å².